The summed E-state index contributed by atoms with van der Waals surface area (Å²) in [5, 5.41) is 0. The monoisotopic (exact) mass is 199 g/mol. The molecule has 0 aromatic carbocycles. The predicted molar refractivity (Wildman–Crippen MR) is 35.3 cm³/mol. The number of hydrogen-bond acceptors (Lipinski definition) is 5. The minimum atomic E-state index is -4.69. The maximum atomic E-state index is 8.60. The molecule has 74 valence electrons. The van der Waals surface area contributed by atoms with Gasteiger partial charge in [-0.05, 0) is 20.8 Å². The molecule has 3 N–H and O–H groups in total. The van der Waals surface area contributed by atoms with E-state index in [1.54, 1.807) is 0 Å². The van der Waals surface area contributed by atoms with Crippen molar-refractivity contribution in [2.75, 3.05) is 0 Å². The number of nitrogens with two attached hydrogens (primary N) is 1. The molecule has 0 aliphatic rings. The van der Waals surface area contributed by atoms with Crippen molar-refractivity contribution >= 4 is 0 Å². The Bertz CT molecular complexity index is 141. The third kappa shape index (κ3) is 22.5. The lowest BCUT2D eigenvalue weighted by molar-refractivity contribution is -1.92. The summed E-state index contributed by atoms with van der Waals surface area (Å²) in [7, 11) is -4.69. The fourth-order valence-electron chi connectivity index (χ4n) is 0. The molecule has 0 saturated carbocycles. The Morgan fingerprint density at radius 2 is 1.50 bits per heavy atom. The predicted octanol–water partition coefficient (Wildman–Crippen LogP) is -2.82. The second kappa shape index (κ2) is 4.76. The summed E-state index contributed by atoms with van der Waals surface area (Å²) >= 11 is 0. The van der Waals surface area contributed by atoms with Crippen molar-refractivity contribution in [3.8, 4) is 0 Å². The minimum Gasteiger partial charge on any atom is -0.322 e. The van der Waals surface area contributed by atoms with E-state index in [-0.39, 0.29) is 5.54 Å². The van der Waals surface area contributed by atoms with Crippen LogP contribution < -0.4 is 19.7 Å². The molecule has 0 rings (SSSR count). The highest BCUT2D eigenvalue weighted by atomic mass is 35.7. The second-order valence-corrected chi connectivity index (χ2v) is 3.69. The van der Waals surface area contributed by atoms with Crippen LogP contribution in [-0.4, -0.2) is 10.2 Å². The maximum absolute atomic E-state index is 8.60. The highest BCUT2D eigenvalue weighted by Crippen LogP contribution is 2.06. The van der Waals surface area contributed by atoms with Crippen molar-refractivity contribution in [2.45, 2.75) is 26.3 Å². The first-order valence-electron chi connectivity index (χ1n) is 3.02. The largest absolute Gasteiger partial charge is 0.322 e. The lowest BCUT2D eigenvalue weighted by atomic mass is 9.99. The summed E-state index contributed by atoms with van der Waals surface area (Å²) in [4.78, 5) is 0. The molecule has 0 aliphatic carbocycles. The molecular weight excluding hydrogens is 186 g/mol. The molecule has 0 radical (unpaired) electrons. The summed E-state index contributed by atoms with van der Waals surface area (Å²) in [5.74, 6) is 0. The summed E-state index contributed by atoms with van der Waals surface area (Å²) in [6.07, 6.45) is 0. The van der Waals surface area contributed by atoms with E-state index in [1.807, 2.05) is 20.8 Å². The van der Waals surface area contributed by atoms with E-state index in [4.69, 9.17) is 24.4 Å². The van der Waals surface area contributed by atoms with Crippen molar-refractivity contribution in [1.29, 1.82) is 0 Å². The van der Waals surface area contributed by atoms with Crippen LogP contribution in [0.5, 0.6) is 0 Å². The van der Waals surface area contributed by atoms with Crippen LogP contribution in [0, 0.1) is 10.2 Å². The molecule has 12 heavy (non-hydrogen) atoms. The molecule has 0 heterocycles. The van der Waals surface area contributed by atoms with E-state index < -0.39 is 10.2 Å². The van der Waals surface area contributed by atoms with Gasteiger partial charge in [0.15, 0.2) is 0 Å². The van der Waals surface area contributed by atoms with Crippen molar-refractivity contribution in [3.05, 3.63) is 12.2 Å². The molecule has 0 atom stereocenters. The third-order valence-electron chi connectivity index (χ3n) is 1.10. The normalized spacial score (nSPS) is 11.7. The molecule has 0 aromatic heterocycles. The molecule has 5 nitrogen and oxygen atoms in total. The van der Waals surface area contributed by atoms with Gasteiger partial charge in [0.2, 0.25) is 0 Å². The van der Waals surface area contributed by atoms with Gasteiger partial charge in [0, 0.05) is 5.54 Å². The summed E-state index contributed by atoms with van der Waals surface area (Å²) < 4.78 is 32.7. The minimum absolute atomic E-state index is 0.194. The maximum Gasteiger partial charge on any atom is 0.0777 e. The van der Waals surface area contributed by atoms with Gasteiger partial charge in [-0.3, -0.25) is 0 Å². The van der Waals surface area contributed by atoms with E-state index >= 15 is 0 Å². The van der Waals surface area contributed by atoms with Crippen LogP contribution >= 0.6 is 0 Å². The summed E-state index contributed by atoms with van der Waals surface area (Å²) in [5.41, 5.74) is 6.41. The fraction of sp³-hybridized carbons (Fsp3) is 0.667. The first-order chi connectivity index (χ1) is 4.94. The molecular formula is C6H14ClNO4. The lowest BCUT2D eigenvalue weighted by Crippen LogP contribution is -2.58. The SMILES string of the molecule is C=C(C)C(C)(C)N.[O-][Cl+3]([O-])([O-])O. The van der Waals surface area contributed by atoms with Crippen LogP contribution in [0.15, 0.2) is 12.2 Å². The van der Waals surface area contributed by atoms with Crippen molar-refractivity contribution < 1.29 is 28.9 Å². The highest BCUT2D eigenvalue weighted by molar-refractivity contribution is 5.07. The average molecular weight is 200 g/mol. The zero-order chi connectivity index (χ0) is 10.6. The fourth-order valence-corrected chi connectivity index (χ4v) is 0. The van der Waals surface area contributed by atoms with E-state index in [0.29, 0.717) is 0 Å². The van der Waals surface area contributed by atoms with Crippen LogP contribution in [0.4, 0.5) is 0 Å². The van der Waals surface area contributed by atoms with Gasteiger partial charge in [-0.2, -0.15) is 14.0 Å². The molecule has 0 amide bonds. The Morgan fingerprint density at radius 3 is 1.50 bits per heavy atom. The summed E-state index contributed by atoms with van der Waals surface area (Å²) in [6, 6.07) is 0. The summed E-state index contributed by atoms with van der Waals surface area (Å²) in [6.45, 7) is 9.51. The topological polar surface area (TPSA) is 115 Å². The van der Waals surface area contributed by atoms with Crippen molar-refractivity contribution in [3.63, 3.8) is 0 Å². The highest BCUT2D eigenvalue weighted by Gasteiger charge is 2.08. The molecule has 0 aromatic rings. The van der Waals surface area contributed by atoms with Gasteiger partial charge in [0.05, 0.1) is 14.9 Å². The van der Waals surface area contributed by atoms with Gasteiger partial charge in [0.1, 0.15) is 0 Å². The number of hydrogen-bond donors (Lipinski definition) is 2. The lowest BCUT2D eigenvalue weighted by Gasteiger charge is -2.17. The third-order valence-corrected chi connectivity index (χ3v) is 1.10. The van der Waals surface area contributed by atoms with Crippen molar-refractivity contribution in [1.82, 2.24) is 0 Å². The van der Waals surface area contributed by atoms with E-state index in [1.165, 1.54) is 0 Å². The van der Waals surface area contributed by atoms with Crippen LogP contribution in [0.2, 0.25) is 0 Å². The van der Waals surface area contributed by atoms with Crippen LogP contribution in [-0.2, 0) is 0 Å². The van der Waals surface area contributed by atoms with Crippen LogP contribution in [0.3, 0.4) is 0 Å². The Labute approximate surface area is 73.9 Å². The van der Waals surface area contributed by atoms with Crippen LogP contribution in [0.25, 0.3) is 0 Å². The van der Waals surface area contributed by atoms with Gasteiger partial charge in [-0.1, -0.05) is 12.2 Å². The van der Waals surface area contributed by atoms with E-state index in [2.05, 4.69) is 6.58 Å². The molecule has 0 unspecified atom stereocenters. The van der Waals surface area contributed by atoms with Gasteiger partial charge in [-0.25, -0.2) is 0 Å². The molecule has 0 fully saturated rings. The van der Waals surface area contributed by atoms with Gasteiger partial charge in [0.25, 0.3) is 0 Å². The van der Waals surface area contributed by atoms with Gasteiger partial charge in [-0.15, -0.1) is 0 Å². The zero-order valence-corrected chi connectivity index (χ0v) is 8.09. The van der Waals surface area contributed by atoms with Crippen molar-refractivity contribution in [2.24, 2.45) is 5.73 Å². The van der Waals surface area contributed by atoms with E-state index in [9.17, 15) is 0 Å². The molecule has 6 heteroatoms. The average Bonchev–Trinajstić information content (AvgIpc) is 1.55. The van der Waals surface area contributed by atoms with Crippen LogP contribution in [0.1, 0.15) is 20.8 Å². The Balaban J connectivity index is 0. The zero-order valence-electron chi connectivity index (χ0n) is 7.33. The molecule has 0 spiro atoms. The first-order valence-corrected chi connectivity index (χ1v) is 4.29. The molecule has 0 bridgehead atoms. The Kier molecular flexibility index (Phi) is 5.69. The second-order valence-electron chi connectivity index (χ2n) is 2.90. The molecule has 0 saturated heterocycles. The van der Waals surface area contributed by atoms with Gasteiger partial charge >= 0.3 is 0 Å². The number of halogens is 1. The Hall–Kier alpha value is -0.170. The Morgan fingerprint density at radius 1 is 1.42 bits per heavy atom. The molecule has 0 aliphatic heterocycles. The smallest absolute Gasteiger partial charge is 0.0777 e. The number of rotatable bonds is 1. The van der Waals surface area contributed by atoms with E-state index in [0.717, 1.165) is 5.57 Å². The first kappa shape index (κ1) is 14.4. The van der Waals surface area contributed by atoms with Gasteiger partial charge < -0.3 is 5.73 Å². The standard InChI is InChI=1S/C6H13N.ClHO4/c1-5(2)6(3,4)7;2-1(3,4)5/h1,7H2,2-4H3;(H,2,3,4,5). The quantitative estimate of drug-likeness (QED) is 0.442.